The van der Waals surface area contributed by atoms with Crippen LogP contribution in [0.3, 0.4) is 0 Å². The Morgan fingerprint density at radius 2 is 1.91 bits per heavy atom. The topological polar surface area (TPSA) is 93.2 Å². The molecule has 0 aliphatic rings. The van der Waals surface area contributed by atoms with E-state index in [1.54, 1.807) is 47.9 Å². The maximum absolute atomic E-state index is 12.5. The number of rotatable bonds is 9. The van der Waals surface area contributed by atoms with Crippen LogP contribution in [-0.2, 0) is 17.9 Å². The first-order valence-corrected chi connectivity index (χ1v) is 11.8. The van der Waals surface area contributed by atoms with E-state index in [9.17, 15) is 9.59 Å². The number of aromatic nitrogens is 2. The van der Waals surface area contributed by atoms with Crippen molar-refractivity contribution in [2.24, 2.45) is 0 Å². The van der Waals surface area contributed by atoms with Gasteiger partial charge in [-0.2, -0.15) is 0 Å². The van der Waals surface area contributed by atoms with Crippen molar-refractivity contribution in [2.45, 2.75) is 20.1 Å². The average molecular weight is 485 g/mol. The monoisotopic (exact) mass is 484 g/mol. The van der Waals surface area contributed by atoms with Crippen LogP contribution in [0.15, 0.2) is 84.4 Å². The third-order valence-corrected chi connectivity index (χ3v) is 5.71. The van der Waals surface area contributed by atoms with Crippen molar-refractivity contribution in [3.8, 4) is 5.75 Å². The largest absolute Gasteiger partial charge is 0.487 e. The number of hydrogen-bond acceptors (Lipinski definition) is 6. The van der Waals surface area contributed by atoms with E-state index in [2.05, 4.69) is 20.6 Å². The maximum atomic E-state index is 12.5. The first kappa shape index (κ1) is 23.8. The van der Waals surface area contributed by atoms with Gasteiger partial charge in [0.05, 0.1) is 22.9 Å². The van der Waals surface area contributed by atoms with E-state index in [0.717, 1.165) is 22.0 Å². The summed E-state index contributed by atoms with van der Waals surface area (Å²) in [6.07, 6.45) is 4.83. The van der Waals surface area contributed by atoms with Crippen LogP contribution in [0, 0.1) is 6.92 Å². The highest BCUT2D eigenvalue weighted by Gasteiger charge is 2.08. The Labute approximate surface area is 207 Å². The molecule has 2 amide bonds. The van der Waals surface area contributed by atoms with Crippen molar-refractivity contribution < 1.29 is 14.3 Å². The number of pyridine rings is 1. The molecule has 0 fully saturated rings. The molecule has 0 saturated carbocycles. The summed E-state index contributed by atoms with van der Waals surface area (Å²) in [5, 5.41) is 8.59. The van der Waals surface area contributed by atoms with Crippen LogP contribution >= 0.6 is 11.3 Å². The predicted molar refractivity (Wildman–Crippen MR) is 137 cm³/mol. The second-order valence-electron chi connectivity index (χ2n) is 7.63. The van der Waals surface area contributed by atoms with Crippen LogP contribution in [0.25, 0.3) is 6.08 Å². The fourth-order valence-corrected chi connectivity index (χ4v) is 3.81. The molecule has 0 saturated heterocycles. The van der Waals surface area contributed by atoms with Gasteiger partial charge in [0.2, 0.25) is 5.91 Å². The molecule has 2 heterocycles. The van der Waals surface area contributed by atoms with Crippen molar-refractivity contribution in [1.29, 1.82) is 0 Å². The van der Waals surface area contributed by atoms with Crippen LogP contribution < -0.4 is 15.4 Å². The first-order valence-electron chi connectivity index (χ1n) is 11.0. The smallest absolute Gasteiger partial charge is 0.251 e. The number of carbonyl (C=O) groups is 2. The van der Waals surface area contributed by atoms with Crippen molar-refractivity contribution in [2.75, 3.05) is 5.32 Å². The summed E-state index contributed by atoms with van der Waals surface area (Å²) < 4.78 is 5.80. The van der Waals surface area contributed by atoms with Crippen LogP contribution in [0.5, 0.6) is 5.75 Å². The van der Waals surface area contributed by atoms with E-state index in [4.69, 9.17) is 4.74 Å². The van der Waals surface area contributed by atoms with E-state index >= 15 is 0 Å². The summed E-state index contributed by atoms with van der Waals surface area (Å²) in [7, 11) is 0. The van der Waals surface area contributed by atoms with Gasteiger partial charge in [0, 0.05) is 28.9 Å². The van der Waals surface area contributed by atoms with Gasteiger partial charge >= 0.3 is 0 Å². The van der Waals surface area contributed by atoms with Crippen LogP contribution in [0.1, 0.15) is 32.3 Å². The molecule has 4 rings (SSSR count). The lowest BCUT2D eigenvalue weighted by molar-refractivity contribution is -0.111. The van der Waals surface area contributed by atoms with Crippen molar-refractivity contribution in [3.63, 3.8) is 0 Å². The third kappa shape index (κ3) is 7.35. The molecule has 0 bridgehead atoms. The molecule has 0 aliphatic carbocycles. The van der Waals surface area contributed by atoms with Gasteiger partial charge in [-0.15, -0.1) is 11.3 Å². The molecule has 4 aromatic rings. The molecule has 0 unspecified atom stereocenters. The normalized spacial score (nSPS) is 10.8. The van der Waals surface area contributed by atoms with Crippen LogP contribution in [-0.4, -0.2) is 21.8 Å². The van der Waals surface area contributed by atoms with Gasteiger partial charge in [0.25, 0.3) is 5.91 Å². The molecule has 35 heavy (non-hydrogen) atoms. The first-order chi connectivity index (χ1) is 17.0. The van der Waals surface area contributed by atoms with E-state index in [1.807, 2.05) is 54.8 Å². The summed E-state index contributed by atoms with van der Waals surface area (Å²) in [5.74, 6) is 0.148. The SMILES string of the molecule is Cc1nc(COc2cccc(C=CC(=O)Nc3cccc(C(=O)NCc4ccccn4)c3)c2)cs1. The van der Waals surface area contributed by atoms with E-state index in [1.165, 1.54) is 6.08 Å². The fourth-order valence-electron chi connectivity index (χ4n) is 3.21. The number of nitrogens with zero attached hydrogens (tertiary/aromatic N) is 2. The zero-order valence-corrected chi connectivity index (χ0v) is 19.9. The summed E-state index contributed by atoms with van der Waals surface area (Å²) in [6.45, 7) is 2.67. The number of carbonyl (C=O) groups excluding carboxylic acids is 2. The molecule has 7 nitrogen and oxygen atoms in total. The Morgan fingerprint density at radius 1 is 1.03 bits per heavy atom. The number of ether oxygens (including phenoxy) is 1. The summed E-state index contributed by atoms with van der Waals surface area (Å²) in [5.41, 5.74) is 3.46. The number of aryl methyl sites for hydroxylation is 1. The van der Waals surface area contributed by atoms with Crippen LogP contribution in [0.2, 0.25) is 0 Å². The number of benzene rings is 2. The lowest BCUT2D eigenvalue weighted by atomic mass is 10.1. The maximum Gasteiger partial charge on any atom is 0.251 e. The molecule has 2 aromatic heterocycles. The standard InChI is InChI=1S/C27H24N4O3S/c1-19-30-24(18-35-19)17-34-25-10-4-6-20(14-25)11-12-26(32)31-22-9-5-7-21(15-22)27(33)29-16-23-8-2-3-13-28-23/h2-15,18H,16-17H2,1H3,(H,29,33)(H,31,32). The number of nitrogens with one attached hydrogen (secondary N) is 2. The number of anilines is 1. The van der Waals surface area contributed by atoms with E-state index in [-0.39, 0.29) is 11.8 Å². The van der Waals surface area contributed by atoms with E-state index in [0.29, 0.717) is 30.2 Å². The summed E-state index contributed by atoms with van der Waals surface area (Å²) >= 11 is 1.59. The van der Waals surface area contributed by atoms with Crippen LogP contribution in [0.4, 0.5) is 5.69 Å². The molecule has 2 N–H and O–H groups in total. The third-order valence-electron chi connectivity index (χ3n) is 4.89. The highest BCUT2D eigenvalue weighted by atomic mass is 32.1. The molecule has 176 valence electrons. The Morgan fingerprint density at radius 3 is 2.71 bits per heavy atom. The minimum atomic E-state index is -0.305. The Bertz CT molecular complexity index is 1340. The summed E-state index contributed by atoms with van der Waals surface area (Å²) in [4.78, 5) is 33.5. The zero-order valence-electron chi connectivity index (χ0n) is 19.1. The minimum Gasteiger partial charge on any atom is -0.487 e. The lowest BCUT2D eigenvalue weighted by Gasteiger charge is -2.07. The molecule has 2 aromatic carbocycles. The number of hydrogen-bond donors (Lipinski definition) is 2. The van der Waals surface area contributed by atoms with Gasteiger partial charge in [0.1, 0.15) is 12.4 Å². The van der Waals surface area contributed by atoms with E-state index < -0.39 is 0 Å². The van der Waals surface area contributed by atoms with Gasteiger partial charge in [-0.25, -0.2) is 4.98 Å². The van der Waals surface area contributed by atoms with Crippen molar-refractivity contribution in [1.82, 2.24) is 15.3 Å². The summed E-state index contributed by atoms with van der Waals surface area (Å²) in [6, 6.07) is 19.8. The predicted octanol–water partition coefficient (Wildman–Crippen LogP) is 5.01. The molecule has 8 heteroatoms. The zero-order chi connectivity index (χ0) is 24.5. The second-order valence-corrected chi connectivity index (χ2v) is 8.69. The highest BCUT2D eigenvalue weighted by molar-refractivity contribution is 7.09. The average Bonchev–Trinajstić information content (AvgIpc) is 3.31. The molecule has 0 aliphatic heterocycles. The molecular weight excluding hydrogens is 460 g/mol. The number of thiazole rings is 1. The quantitative estimate of drug-likeness (QED) is 0.326. The molecule has 0 radical (unpaired) electrons. The molecular formula is C27H24N4O3S. The molecule has 0 atom stereocenters. The van der Waals surface area contributed by atoms with Gasteiger partial charge < -0.3 is 15.4 Å². The van der Waals surface area contributed by atoms with Crippen molar-refractivity contribution >= 4 is 34.9 Å². The Balaban J connectivity index is 1.31. The van der Waals surface area contributed by atoms with Crippen molar-refractivity contribution in [3.05, 3.63) is 112 Å². The van der Waals surface area contributed by atoms with Gasteiger partial charge in [-0.05, 0) is 61.0 Å². The minimum absolute atomic E-state index is 0.244. The van der Waals surface area contributed by atoms with Gasteiger partial charge in [-0.1, -0.05) is 24.3 Å². The van der Waals surface area contributed by atoms with Gasteiger partial charge in [-0.3, -0.25) is 14.6 Å². The molecule has 0 spiro atoms. The second kappa shape index (κ2) is 11.7. The highest BCUT2D eigenvalue weighted by Crippen LogP contribution is 2.17. The van der Waals surface area contributed by atoms with Gasteiger partial charge in [0.15, 0.2) is 0 Å². The Hall–Kier alpha value is -4.30. The Kier molecular flexibility index (Phi) is 7.98. The number of amides is 2. The fraction of sp³-hybridized carbons (Fsp3) is 0.111. The lowest BCUT2D eigenvalue weighted by Crippen LogP contribution is -2.23.